The van der Waals surface area contributed by atoms with Gasteiger partial charge in [-0.05, 0) is 50.8 Å². The van der Waals surface area contributed by atoms with E-state index in [0.29, 0.717) is 27.9 Å². The third kappa shape index (κ3) is 5.07. The van der Waals surface area contributed by atoms with Gasteiger partial charge in [0.05, 0.1) is 11.4 Å². The van der Waals surface area contributed by atoms with Gasteiger partial charge in [-0.1, -0.05) is 66.7 Å². The molecular weight excluding hydrogens is 476 g/mol. The average Bonchev–Trinajstić information content (AvgIpc) is 3.02. The number of nitriles is 1. The number of carbonyl (C=O) groups excluding carboxylic acids is 1. The number of amides is 1. The molecule has 0 N–H and O–H groups in total. The van der Waals surface area contributed by atoms with Gasteiger partial charge in [0.1, 0.15) is 21.8 Å². The number of nitrogens with zero attached hydrogens (tertiary/aromatic N) is 4. The zero-order valence-corrected chi connectivity index (χ0v) is 22.1. The van der Waals surface area contributed by atoms with E-state index in [4.69, 9.17) is 12.2 Å². The molecule has 2 saturated heterocycles. The highest BCUT2D eigenvalue weighted by Crippen LogP contribution is 2.37. The number of hydrogen-bond donors (Lipinski definition) is 0. The molecule has 1 amide bonds. The molecule has 2 aliphatic rings. The summed E-state index contributed by atoms with van der Waals surface area (Å²) in [4.78, 5) is 31.0. The molecule has 0 unspecified atom stereocenters. The van der Waals surface area contributed by atoms with Crippen LogP contribution in [0.1, 0.15) is 60.4 Å². The van der Waals surface area contributed by atoms with Gasteiger partial charge in [0.2, 0.25) is 0 Å². The molecule has 2 aliphatic heterocycles. The number of aryl methyl sites for hydroxylation is 1. The Morgan fingerprint density at radius 3 is 2.34 bits per heavy atom. The second-order valence-electron chi connectivity index (χ2n) is 9.05. The summed E-state index contributed by atoms with van der Waals surface area (Å²) in [7, 11) is 0. The SMILES string of the molecule is CCn1c(N2CCCCCC2)c(/C=C2/SC(=S)N(Cc3ccc(C)cc3)C2=O)c(C)c(C#N)c1=O. The van der Waals surface area contributed by atoms with Crippen molar-refractivity contribution in [3.63, 3.8) is 0 Å². The van der Waals surface area contributed by atoms with Gasteiger partial charge >= 0.3 is 0 Å². The number of benzene rings is 1. The molecular formula is C27H30N4O2S2. The van der Waals surface area contributed by atoms with E-state index < -0.39 is 0 Å². The summed E-state index contributed by atoms with van der Waals surface area (Å²) in [5, 5.41) is 9.77. The zero-order valence-electron chi connectivity index (χ0n) is 20.5. The smallest absolute Gasteiger partial charge is 0.270 e. The van der Waals surface area contributed by atoms with Crippen molar-refractivity contribution < 1.29 is 4.79 Å². The van der Waals surface area contributed by atoms with E-state index in [2.05, 4.69) is 11.0 Å². The van der Waals surface area contributed by atoms with Crippen LogP contribution in [0.4, 0.5) is 5.82 Å². The van der Waals surface area contributed by atoms with Crippen molar-refractivity contribution in [2.24, 2.45) is 0 Å². The van der Waals surface area contributed by atoms with Gasteiger partial charge in [0.25, 0.3) is 11.5 Å². The quantitative estimate of drug-likeness (QED) is 0.413. The Morgan fingerprint density at radius 2 is 1.74 bits per heavy atom. The maximum Gasteiger partial charge on any atom is 0.270 e. The fourth-order valence-electron chi connectivity index (χ4n) is 4.70. The van der Waals surface area contributed by atoms with E-state index in [1.54, 1.807) is 16.4 Å². The summed E-state index contributed by atoms with van der Waals surface area (Å²) in [6.45, 7) is 8.32. The van der Waals surface area contributed by atoms with Gasteiger partial charge in [-0.25, -0.2) is 0 Å². The Hall–Kier alpha value is -2.89. The molecule has 6 nitrogen and oxygen atoms in total. The highest BCUT2D eigenvalue weighted by atomic mass is 32.2. The van der Waals surface area contributed by atoms with Gasteiger partial charge in [0.15, 0.2) is 0 Å². The van der Waals surface area contributed by atoms with Crippen LogP contribution in [-0.2, 0) is 17.9 Å². The minimum Gasteiger partial charge on any atom is -0.357 e. The van der Waals surface area contributed by atoms with Gasteiger partial charge < -0.3 is 4.90 Å². The molecule has 2 fully saturated rings. The largest absolute Gasteiger partial charge is 0.357 e. The Morgan fingerprint density at radius 1 is 1.09 bits per heavy atom. The van der Waals surface area contributed by atoms with Crippen LogP contribution >= 0.6 is 24.0 Å². The van der Waals surface area contributed by atoms with E-state index >= 15 is 0 Å². The highest BCUT2D eigenvalue weighted by Gasteiger charge is 2.33. The van der Waals surface area contributed by atoms with Gasteiger partial charge in [0, 0.05) is 25.2 Å². The first-order chi connectivity index (χ1) is 16.8. The second-order valence-corrected chi connectivity index (χ2v) is 10.7. The van der Waals surface area contributed by atoms with Crippen molar-refractivity contribution in [3.05, 3.63) is 67.3 Å². The van der Waals surface area contributed by atoms with Crippen molar-refractivity contribution in [2.75, 3.05) is 18.0 Å². The summed E-state index contributed by atoms with van der Waals surface area (Å²) in [6.07, 6.45) is 6.27. The number of hydrogen-bond acceptors (Lipinski definition) is 6. The first kappa shape index (κ1) is 25.2. The first-order valence-electron chi connectivity index (χ1n) is 12.1. The normalized spacial score (nSPS) is 17.7. The van der Waals surface area contributed by atoms with Gasteiger partial charge in [-0.3, -0.25) is 19.1 Å². The minimum absolute atomic E-state index is 0.131. The predicted molar refractivity (Wildman–Crippen MR) is 146 cm³/mol. The number of anilines is 1. The van der Waals surface area contributed by atoms with Crippen LogP contribution in [0.25, 0.3) is 6.08 Å². The van der Waals surface area contributed by atoms with Gasteiger partial charge in [-0.15, -0.1) is 0 Å². The number of thiocarbonyl (C=S) groups is 1. The summed E-state index contributed by atoms with van der Waals surface area (Å²) in [5.74, 6) is 0.661. The minimum atomic E-state index is -0.268. The molecule has 0 atom stereocenters. The maximum absolute atomic E-state index is 13.4. The predicted octanol–water partition coefficient (Wildman–Crippen LogP) is 5.14. The first-order valence-corrected chi connectivity index (χ1v) is 13.3. The number of pyridine rings is 1. The van der Waals surface area contributed by atoms with Crippen LogP contribution in [0.15, 0.2) is 34.0 Å². The molecule has 35 heavy (non-hydrogen) atoms. The molecule has 0 radical (unpaired) electrons. The highest BCUT2D eigenvalue weighted by molar-refractivity contribution is 8.26. The van der Waals surface area contributed by atoms with Crippen LogP contribution in [0, 0.1) is 25.2 Å². The number of carbonyl (C=O) groups is 1. The summed E-state index contributed by atoms with van der Waals surface area (Å²) in [5.41, 5.74) is 3.42. The van der Waals surface area contributed by atoms with Crippen LogP contribution in [-0.4, -0.2) is 32.8 Å². The lowest BCUT2D eigenvalue weighted by Crippen LogP contribution is -2.35. The lowest BCUT2D eigenvalue weighted by atomic mass is 10.0. The standard InChI is InChI=1S/C27H30N4O2S2/c1-4-30-24(29-13-7-5-6-8-14-29)21(19(3)22(16-28)25(30)32)15-23-26(33)31(27(34)35-23)17-20-11-9-18(2)10-12-20/h9-12,15H,4-8,13-14,17H2,1-3H3/b23-15+. The molecule has 0 saturated carbocycles. The Balaban J connectivity index is 1.79. The summed E-state index contributed by atoms with van der Waals surface area (Å²) < 4.78 is 2.20. The molecule has 1 aromatic carbocycles. The third-order valence-corrected chi connectivity index (χ3v) is 8.06. The molecule has 0 aliphatic carbocycles. The number of rotatable bonds is 5. The zero-order chi connectivity index (χ0) is 25.1. The molecule has 0 spiro atoms. The van der Waals surface area contributed by atoms with Crippen LogP contribution in [0.3, 0.4) is 0 Å². The van der Waals surface area contributed by atoms with E-state index in [9.17, 15) is 14.9 Å². The van der Waals surface area contributed by atoms with Crippen molar-refractivity contribution in [3.8, 4) is 6.07 Å². The van der Waals surface area contributed by atoms with Gasteiger partial charge in [-0.2, -0.15) is 5.26 Å². The van der Waals surface area contributed by atoms with Crippen molar-refractivity contribution in [2.45, 2.75) is 59.5 Å². The lowest BCUT2D eigenvalue weighted by molar-refractivity contribution is -0.122. The van der Waals surface area contributed by atoms with Crippen molar-refractivity contribution in [1.82, 2.24) is 9.47 Å². The molecule has 182 valence electrons. The summed E-state index contributed by atoms with van der Waals surface area (Å²) >= 11 is 6.85. The Kier molecular flexibility index (Phi) is 7.78. The summed E-state index contributed by atoms with van der Waals surface area (Å²) in [6, 6.07) is 10.2. The third-order valence-electron chi connectivity index (χ3n) is 6.68. The molecule has 4 rings (SSSR count). The van der Waals surface area contributed by atoms with Crippen LogP contribution in [0.5, 0.6) is 0 Å². The van der Waals surface area contributed by atoms with E-state index in [1.807, 2.05) is 44.2 Å². The topological polar surface area (TPSA) is 69.3 Å². The molecule has 3 heterocycles. The number of thioether (sulfide) groups is 1. The molecule has 8 heteroatoms. The fourth-order valence-corrected chi connectivity index (χ4v) is 5.94. The average molecular weight is 507 g/mol. The molecule has 2 aromatic rings. The van der Waals surface area contributed by atoms with Crippen molar-refractivity contribution in [1.29, 1.82) is 5.26 Å². The van der Waals surface area contributed by atoms with E-state index in [-0.39, 0.29) is 17.0 Å². The van der Waals surface area contributed by atoms with Crippen LogP contribution < -0.4 is 10.5 Å². The van der Waals surface area contributed by atoms with E-state index in [1.165, 1.54) is 11.8 Å². The van der Waals surface area contributed by atoms with E-state index in [0.717, 1.165) is 61.3 Å². The lowest BCUT2D eigenvalue weighted by Gasteiger charge is -2.29. The second kappa shape index (κ2) is 10.8. The Labute approximate surface area is 216 Å². The molecule has 0 bridgehead atoms. The Bertz CT molecular complexity index is 1280. The van der Waals surface area contributed by atoms with Crippen molar-refractivity contribution >= 4 is 46.1 Å². The van der Waals surface area contributed by atoms with Crippen LogP contribution in [0.2, 0.25) is 0 Å². The number of aromatic nitrogens is 1. The monoisotopic (exact) mass is 506 g/mol. The fraction of sp³-hybridized carbons (Fsp3) is 0.407. The molecule has 1 aromatic heterocycles. The maximum atomic E-state index is 13.4.